The normalized spacial score (nSPS) is 27.4. The second-order valence-corrected chi connectivity index (χ2v) is 15.7. The van der Waals surface area contributed by atoms with Crippen molar-refractivity contribution in [3.63, 3.8) is 0 Å². The number of ether oxygens (including phenoxy) is 4. The first kappa shape index (κ1) is 35.7. The number of aliphatic hydroxyl groups is 2. The summed E-state index contributed by atoms with van der Waals surface area (Å²) in [5.74, 6) is -5.45. The largest absolute Gasteiger partial charge is 0.475 e. The van der Waals surface area contributed by atoms with Crippen LogP contribution >= 0.6 is 7.82 Å². The monoisotopic (exact) mass is 676 g/mol. The van der Waals surface area contributed by atoms with Crippen molar-refractivity contribution in [3.8, 4) is 0 Å². The highest BCUT2D eigenvalue weighted by Crippen LogP contribution is 2.57. The van der Waals surface area contributed by atoms with Crippen molar-refractivity contribution in [2.24, 2.45) is 5.92 Å². The van der Waals surface area contributed by atoms with Gasteiger partial charge in [0.2, 0.25) is 11.7 Å². The van der Waals surface area contributed by atoms with E-state index in [1.807, 2.05) is 0 Å². The molecular weight excluding hydrogens is 635 g/mol. The number of aromatic amines is 1. The molecule has 5 atom stereocenters. The Balaban J connectivity index is 1.89. The van der Waals surface area contributed by atoms with Crippen LogP contribution in [-0.4, -0.2) is 93.2 Å². The molecule has 5 unspecified atom stereocenters. The zero-order valence-electron chi connectivity index (χ0n) is 27.3. The van der Waals surface area contributed by atoms with Crippen LogP contribution in [0.3, 0.4) is 0 Å². The highest BCUT2D eigenvalue weighted by atomic mass is 31.2. The Labute approximate surface area is 264 Å². The summed E-state index contributed by atoms with van der Waals surface area (Å²) in [6, 6.07) is 0. The summed E-state index contributed by atoms with van der Waals surface area (Å²) >= 11 is 0. The average Bonchev–Trinajstić information content (AvgIpc) is 2.85. The van der Waals surface area contributed by atoms with E-state index in [1.54, 1.807) is 62.3 Å². The quantitative estimate of drug-likeness (QED) is 0.233. The van der Waals surface area contributed by atoms with Crippen molar-refractivity contribution < 1.29 is 61.7 Å². The summed E-state index contributed by atoms with van der Waals surface area (Å²) in [5.41, 5.74) is -4.49. The van der Waals surface area contributed by atoms with Gasteiger partial charge in [0, 0.05) is 7.11 Å². The van der Waals surface area contributed by atoms with Gasteiger partial charge in [-0.3, -0.25) is 23.3 Å². The molecule has 0 radical (unpaired) electrons. The van der Waals surface area contributed by atoms with Gasteiger partial charge in [0.1, 0.15) is 22.9 Å². The summed E-state index contributed by atoms with van der Waals surface area (Å²) in [4.78, 5) is 61.8. The van der Waals surface area contributed by atoms with Crippen molar-refractivity contribution in [3.05, 3.63) is 15.9 Å². The van der Waals surface area contributed by atoms with E-state index in [9.17, 15) is 34.0 Å². The van der Waals surface area contributed by atoms with Crippen molar-refractivity contribution >= 4 is 37.9 Å². The van der Waals surface area contributed by atoms with Gasteiger partial charge in [-0.15, -0.1) is 4.90 Å². The number of aromatic nitrogens is 2. The molecule has 3 amide bonds. The van der Waals surface area contributed by atoms with Crippen molar-refractivity contribution in [1.29, 1.82) is 0 Å². The molecule has 1 aromatic rings. The van der Waals surface area contributed by atoms with Crippen molar-refractivity contribution in [2.45, 2.75) is 110 Å². The van der Waals surface area contributed by atoms with Gasteiger partial charge in [0.05, 0.1) is 18.1 Å². The molecule has 2 fully saturated rings. The van der Waals surface area contributed by atoms with Crippen LogP contribution in [-0.2, 0) is 43.5 Å². The van der Waals surface area contributed by atoms with Crippen molar-refractivity contribution in [1.82, 2.24) is 9.97 Å². The van der Waals surface area contributed by atoms with E-state index >= 15 is 0 Å². The number of imide groups is 1. The molecular formula is C27H41N4O14P. The van der Waals surface area contributed by atoms with Gasteiger partial charge in [-0.25, -0.2) is 23.8 Å². The third-order valence-corrected chi connectivity index (χ3v) is 8.06. The molecule has 1 aromatic heterocycles. The van der Waals surface area contributed by atoms with Crippen LogP contribution < -0.4 is 15.4 Å². The fourth-order valence-corrected chi connectivity index (χ4v) is 6.05. The minimum Gasteiger partial charge on any atom is -0.443 e. The molecule has 3 aliphatic rings. The van der Waals surface area contributed by atoms with Crippen LogP contribution in [0.1, 0.15) is 67.9 Å². The van der Waals surface area contributed by atoms with Gasteiger partial charge < -0.3 is 29.2 Å². The number of amides is 3. The molecule has 4 heterocycles. The van der Waals surface area contributed by atoms with Gasteiger partial charge in [-0.1, -0.05) is 0 Å². The average molecular weight is 677 g/mol. The zero-order valence-corrected chi connectivity index (χ0v) is 28.2. The summed E-state index contributed by atoms with van der Waals surface area (Å²) in [6.07, 6.45) is -8.66. The van der Waals surface area contributed by atoms with Crippen LogP contribution in [0.15, 0.2) is 4.79 Å². The van der Waals surface area contributed by atoms with Crippen molar-refractivity contribution in [2.75, 3.05) is 23.5 Å². The molecule has 0 saturated carbocycles. The lowest BCUT2D eigenvalue weighted by atomic mass is 9.79. The third kappa shape index (κ3) is 7.38. The summed E-state index contributed by atoms with van der Waals surface area (Å²) in [6.45, 7) is 13.6. The van der Waals surface area contributed by atoms with Crippen LogP contribution in [0.2, 0.25) is 0 Å². The minimum absolute atomic E-state index is 0.263. The maximum absolute atomic E-state index is 13.8. The number of rotatable bonds is 2. The van der Waals surface area contributed by atoms with E-state index in [0.29, 0.717) is 4.90 Å². The van der Waals surface area contributed by atoms with Crippen LogP contribution in [0.4, 0.5) is 26.1 Å². The number of phosphoric ester groups is 1. The molecule has 3 N–H and O–H groups in total. The maximum atomic E-state index is 13.8. The van der Waals surface area contributed by atoms with Crippen LogP contribution in [0.25, 0.3) is 0 Å². The molecule has 0 aliphatic carbocycles. The van der Waals surface area contributed by atoms with E-state index in [4.69, 9.17) is 32.5 Å². The first-order valence-electron chi connectivity index (χ1n) is 14.4. The SMILES string of the molecule is COP1(=O)OCC2OC3C(Cc4c(nc(N(C(=O)OC(C)(C)C)C(=O)OC(C)(C)C)[nH]c4=O)N3C(=O)OC(C)(C)C)C(O)(O)C2O1. The zero-order chi connectivity index (χ0) is 34.8. The summed E-state index contributed by atoms with van der Waals surface area (Å²) in [5, 5.41) is 22.8. The highest BCUT2D eigenvalue weighted by molar-refractivity contribution is 7.48. The molecule has 3 aliphatic heterocycles. The molecule has 2 saturated heterocycles. The molecule has 46 heavy (non-hydrogen) atoms. The van der Waals surface area contributed by atoms with Gasteiger partial charge in [0.25, 0.3) is 5.56 Å². The van der Waals surface area contributed by atoms with Crippen LogP contribution in [0, 0.1) is 5.92 Å². The minimum atomic E-state index is -4.19. The first-order chi connectivity index (χ1) is 20.9. The first-order valence-corrected chi connectivity index (χ1v) is 15.8. The summed E-state index contributed by atoms with van der Waals surface area (Å²) in [7, 11) is -3.15. The van der Waals surface area contributed by atoms with E-state index < -0.39 is 103 Å². The lowest BCUT2D eigenvalue weighted by molar-refractivity contribution is -0.340. The second kappa shape index (κ2) is 11.8. The Morgan fingerprint density at radius 3 is 2.04 bits per heavy atom. The topological polar surface area (TPSA) is 226 Å². The molecule has 0 bridgehead atoms. The molecule has 18 nitrogen and oxygen atoms in total. The Kier molecular flexibility index (Phi) is 9.20. The standard InChI is InChI=1S/C27H41N4O14P/c1-24(2,3)42-21(33)30-17-13(11-14-19(30)41-15-12-40-46(38,39-10)45-16(15)27(14,36)37)18(32)29-20(28-17)31(22(34)43-25(4,5)6)23(35)44-26(7,8)9/h14-16,19,36-37H,11-12H2,1-10H3,(H,28,29,32). The number of fused-ring (bicyclic) bond motifs is 3. The Morgan fingerprint density at radius 1 is 1.00 bits per heavy atom. The van der Waals surface area contributed by atoms with E-state index in [1.165, 1.54) is 0 Å². The molecule has 0 spiro atoms. The predicted molar refractivity (Wildman–Crippen MR) is 157 cm³/mol. The van der Waals surface area contributed by atoms with Gasteiger partial charge >= 0.3 is 26.1 Å². The fourth-order valence-electron chi connectivity index (χ4n) is 4.90. The molecule has 0 aromatic carbocycles. The number of nitrogens with zero attached hydrogens (tertiary/aromatic N) is 3. The van der Waals surface area contributed by atoms with Crippen LogP contribution in [0.5, 0.6) is 0 Å². The molecule has 19 heteroatoms. The highest BCUT2D eigenvalue weighted by Gasteiger charge is 2.64. The molecule has 4 rings (SSSR count). The number of hydrogen-bond acceptors (Lipinski definition) is 15. The Morgan fingerprint density at radius 2 is 1.54 bits per heavy atom. The lowest BCUT2D eigenvalue weighted by Crippen LogP contribution is -2.71. The number of hydrogen-bond donors (Lipinski definition) is 3. The van der Waals surface area contributed by atoms with Gasteiger partial charge in [-0.05, 0) is 68.7 Å². The third-order valence-electron chi connectivity index (χ3n) is 6.67. The smallest absolute Gasteiger partial charge is 0.443 e. The number of phosphoric acid groups is 1. The second-order valence-electron chi connectivity index (χ2n) is 13.9. The predicted octanol–water partition coefficient (Wildman–Crippen LogP) is 2.94. The van der Waals surface area contributed by atoms with E-state index in [-0.39, 0.29) is 5.56 Å². The van der Waals surface area contributed by atoms with Gasteiger partial charge in [0.15, 0.2) is 18.1 Å². The van der Waals surface area contributed by atoms with E-state index in [0.717, 1.165) is 12.0 Å². The summed E-state index contributed by atoms with van der Waals surface area (Å²) < 4.78 is 50.3. The number of anilines is 2. The maximum Gasteiger partial charge on any atom is 0.475 e. The number of carbonyl (C=O) groups excluding carboxylic acids is 3. The Bertz CT molecular complexity index is 1460. The number of carbonyl (C=O) groups is 3. The van der Waals surface area contributed by atoms with Gasteiger partial charge in [-0.2, -0.15) is 4.98 Å². The fraction of sp³-hybridized carbons (Fsp3) is 0.741. The lowest BCUT2D eigenvalue weighted by Gasteiger charge is -2.54. The molecule has 258 valence electrons. The Hall–Kier alpha value is -3.12. The van der Waals surface area contributed by atoms with E-state index in [2.05, 4.69) is 9.97 Å². The number of nitrogens with one attached hydrogen (secondary N) is 1. The number of H-pyrrole nitrogens is 1.